The van der Waals surface area contributed by atoms with E-state index in [-0.39, 0.29) is 23.3 Å². The first-order valence-electron chi connectivity index (χ1n) is 6.20. The quantitative estimate of drug-likeness (QED) is 0.710. The van der Waals surface area contributed by atoms with Crippen molar-refractivity contribution in [3.8, 4) is 0 Å². The van der Waals surface area contributed by atoms with E-state index in [2.05, 4.69) is 38.5 Å². The highest BCUT2D eigenvalue weighted by Gasteiger charge is 2.24. The average molecular weight is 228 g/mol. The van der Waals surface area contributed by atoms with E-state index in [1.165, 1.54) is 0 Å². The summed E-state index contributed by atoms with van der Waals surface area (Å²) < 4.78 is 0. The molecule has 96 valence electrons. The van der Waals surface area contributed by atoms with E-state index in [4.69, 9.17) is 0 Å². The molecule has 3 nitrogen and oxygen atoms in total. The predicted octanol–water partition coefficient (Wildman–Crippen LogP) is 2.72. The van der Waals surface area contributed by atoms with Gasteiger partial charge in [-0.05, 0) is 31.6 Å². The van der Waals surface area contributed by atoms with Gasteiger partial charge in [-0.2, -0.15) is 0 Å². The van der Waals surface area contributed by atoms with Crippen molar-refractivity contribution >= 4 is 5.91 Å². The van der Waals surface area contributed by atoms with Crippen molar-refractivity contribution < 1.29 is 4.79 Å². The number of hydrogen-bond donors (Lipinski definition) is 2. The van der Waals surface area contributed by atoms with Gasteiger partial charge in [0.15, 0.2) is 0 Å². The van der Waals surface area contributed by atoms with Gasteiger partial charge in [-0.3, -0.25) is 10.2 Å². The van der Waals surface area contributed by atoms with Crippen molar-refractivity contribution in [1.82, 2.24) is 10.9 Å². The van der Waals surface area contributed by atoms with Crippen LogP contribution >= 0.6 is 0 Å². The smallest absolute Gasteiger partial charge is 0.236 e. The fourth-order valence-corrected chi connectivity index (χ4v) is 1.33. The lowest BCUT2D eigenvalue weighted by atomic mass is 9.77. The van der Waals surface area contributed by atoms with Crippen molar-refractivity contribution in [1.29, 1.82) is 0 Å². The molecular formula is C13H28N2O. The van der Waals surface area contributed by atoms with Gasteiger partial charge in [-0.15, -0.1) is 0 Å². The molecule has 2 unspecified atom stereocenters. The summed E-state index contributed by atoms with van der Waals surface area (Å²) in [6.07, 6.45) is 0.926. The Labute approximate surface area is 100 Å². The van der Waals surface area contributed by atoms with Gasteiger partial charge in [0.05, 0.1) is 0 Å². The van der Waals surface area contributed by atoms with Crippen LogP contribution in [0, 0.1) is 17.3 Å². The molecule has 0 aliphatic carbocycles. The topological polar surface area (TPSA) is 41.1 Å². The molecule has 16 heavy (non-hydrogen) atoms. The summed E-state index contributed by atoms with van der Waals surface area (Å²) in [5.41, 5.74) is 5.95. The van der Waals surface area contributed by atoms with Gasteiger partial charge in [0.2, 0.25) is 5.91 Å². The molecule has 0 spiro atoms. The zero-order valence-corrected chi connectivity index (χ0v) is 11.8. The van der Waals surface area contributed by atoms with Crippen LogP contribution in [0.2, 0.25) is 0 Å². The van der Waals surface area contributed by atoms with Gasteiger partial charge in [0.1, 0.15) is 0 Å². The summed E-state index contributed by atoms with van der Waals surface area (Å²) in [5, 5.41) is 0. The molecule has 0 heterocycles. The molecule has 0 fully saturated rings. The van der Waals surface area contributed by atoms with Crippen LogP contribution in [0.4, 0.5) is 0 Å². The van der Waals surface area contributed by atoms with E-state index >= 15 is 0 Å². The number of carbonyl (C=O) groups is 1. The normalized spacial score (nSPS) is 16.0. The Morgan fingerprint density at radius 3 is 2.00 bits per heavy atom. The van der Waals surface area contributed by atoms with E-state index < -0.39 is 0 Å². The second-order valence-corrected chi connectivity index (χ2v) is 6.19. The zero-order chi connectivity index (χ0) is 12.9. The maximum absolute atomic E-state index is 11.7. The second kappa shape index (κ2) is 6.24. The lowest BCUT2D eigenvalue weighted by Gasteiger charge is -2.29. The van der Waals surface area contributed by atoms with Crippen LogP contribution in [0.1, 0.15) is 54.9 Å². The molecule has 0 rings (SSSR count). The molecule has 0 aliphatic heterocycles. The summed E-state index contributed by atoms with van der Waals surface area (Å²) in [6, 6.07) is 0.274. The van der Waals surface area contributed by atoms with Crippen LogP contribution in [0.15, 0.2) is 0 Å². The molecule has 0 bridgehead atoms. The van der Waals surface area contributed by atoms with Gasteiger partial charge >= 0.3 is 0 Å². The molecular weight excluding hydrogens is 200 g/mol. The van der Waals surface area contributed by atoms with Crippen molar-refractivity contribution in [2.75, 3.05) is 0 Å². The summed E-state index contributed by atoms with van der Waals surface area (Å²) in [5.74, 6) is 0.678. The van der Waals surface area contributed by atoms with Gasteiger partial charge in [0, 0.05) is 12.0 Å². The second-order valence-electron chi connectivity index (χ2n) is 6.19. The Balaban J connectivity index is 4.06. The van der Waals surface area contributed by atoms with E-state index in [1.807, 2.05) is 20.8 Å². The molecule has 0 aromatic carbocycles. The Morgan fingerprint density at radius 2 is 1.62 bits per heavy atom. The first-order valence-corrected chi connectivity index (χ1v) is 6.20. The van der Waals surface area contributed by atoms with Crippen LogP contribution in [-0.2, 0) is 4.79 Å². The minimum atomic E-state index is 0.0560. The van der Waals surface area contributed by atoms with E-state index in [0.717, 1.165) is 6.42 Å². The fourth-order valence-electron chi connectivity index (χ4n) is 1.33. The molecule has 0 aromatic heterocycles. The molecule has 0 radical (unpaired) electrons. The zero-order valence-electron chi connectivity index (χ0n) is 11.8. The number of nitrogens with one attached hydrogen (secondary N) is 2. The third kappa shape index (κ3) is 6.11. The van der Waals surface area contributed by atoms with Crippen LogP contribution in [0.3, 0.4) is 0 Å². The molecule has 0 saturated heterocycles. The molecule has 0 aromatic rings. The molecule has 2 atom stereocenters. The standard InChI is InChI=1S/C13H28N2O/c1-9(2)14-15-12(16)10(3)8-11(4)13(5,6)7/h9-11,14H,8H2,1-7H3,(H,15,16). The summed E-state index contributed by atoms with van der Waals surface area (Å²) in [4.78, 5) is 11.7. The van der Waals surface area contributed by atoms with Crippen molar-refractivity contribution in [2.45, 2.75) is 60.9 Å². The minimum Gasteiger partial charge on any atom is -0.291 e. The fraction of sp³-hybridized carbons (Fsp3) is 0.923. The van der Waals surface area contributed by atoms with Gasteiger partial charge in [0.25, 0.3) is 0 Å². The Kier molecular flexibility index (Phi) is 6.01. The van der Waals surface area contributed by atoms with Crippen LogP contribution < -0.4 is 10.9 Å². The van der Waals surface area contributed by atoms with Crippen LogP contribution in [0.25, 0.3) is 0 Å². The number of hydrogen-bond acceptors (Lipinski definition) is 2. The SMILES string of the molecule is CC(C)NNC(=O)C(C)CC(C)C(C)(C)C. The van der Waals surface area contributed by atoms with E-state index in [0.29, 0.717) is 5.92 Å². The van der Waals surface area contributed by atoms with Gasteiger partial charge in [-0.25, -0.2) is 5.43 Å². The third-order valence-electron chi connectivity index (χ3n) is 3.12. The van der Waals surface area contributed by atoms with Crippen LogP contribution in [0.5, 0.6) is 0 Å². The molecule has 0 aliphatic rings. The van der Waals surface area contributed by atoms with Gasteiger partial charge < -0.3 is 0 Å². The highest BCUT2D eigenvalue weighted by atomic mass is 16.2. The molecule has 0 saturated carbocycles. The monoisotopic (exact) mass is 228 g/mol. The highest BCUT2D eigenvalue weighted by molar-refractivity contribution is 5.77. The highest BCUT2D eigenvalue weighted by Crippen LogP contribution is 2.30. The number of rotatable bonds is 5. The number of hydrazine groups is 1. The first-order chi connectivity index (χ1) is 7.14. The predicted molar refractivity (Wildman–Crippen MR) is 68.8 cm³/mol. The van der Waals surface area contributed by atoms with Crippen molar-refractivity contribution in [3.63, 3.8) is 0 Å². The maximum Gasteiger partial charge on any atom is 0.236 e. The molecule has 3 heteroatoms. The Morgan fingerprint density at radius 1 is 1.12 bits per heavy atom. The lowest BCUT2D eigenvalue weighted by Crippen LogP contribution is -2.44. The molecule has 1 amide bonds. The largest absolute Gasteiger partial charge is 0.291 e. The molecule has 2 N–H and O–H groups in total. The Bertz CT molecular complexity index is 218. The van der Waals surface area contributed by atoms with E-state index in [1.54, 1.807) is 0 Å². The number of carbonyl (C=O) groups excluding carboxylic acids is 1. The third-order valence-corrected chi connectivity index (χ3v) is 3.12. The van der Waals surface area contributed by atoms with Crippen LogP contribution in [-0.4, -0.2) is 11.9 Å². The Hall–Kier alpha value is -0.570. The number of amides is 1. The summed E-state index contributed by atoms with van der Waals surface area (Å²) in [6.45, 7) is 14.8. The lowest BCUT2D eigenvalue weighted by molar-refractivity contribution is -0.126. The summed E-state index contributed by atoms with van der Waals surface area (Å²) >= 11 is 0. The average Bonchev–Trinajstić information content (AvgIpc) is 2.12. The van der Waals surface area contributed by atoms with Crippen molar-refractivity contribution in [2.24, 2.45) is 17.3 Å². The maximum atomic E-state index is 11.7. The van der Waals surface area contributed by atoms with Gasteiger partial charge in [-0.1, -0.05) is 34.6 Å². The van der Waals surface area contributed by atoms with E-state index in [9.17, 15) is 4.79 Å². The first kappa shape index (κ1) is 15.4. The van der Waals surface area contributed by atoms with Crippen molar-refractivity contribution in [3.05, 3.63) is 0 Å². The summed E-state index contributed by atoms with van der Waals surface area (Å²) in [7, 11) is 0. The minimum absolute atomic E-state index is 0.0560.